The largest absolute Gasteiger partial charge is 0.308 e. The summed E-state index contributed by atoms with van der Waals surface area (Å²) < 4.78 is 0. The third-order valence-electron chi connectivity index (χ3n) is 2.24. The van der Waals surface area contributed by atoms with Gasteiger partial charge in [0.05, 0.1) is 5.51 Å². The van der Waals surface area contributed by atoms with Gasteiger partial charge < -0.3 is 5.32 Å². The molecule has 0 spiro atoms. The van der Waals surface area contributed by atoms with Crippen LogP contribution in [-0.2, 0) is 13.1 Å². The zero-order valence-electron chi connectivity index (χ0n) is 8.91. The summed E-state index contributed by atoms with van der Waals surface area (Å²) in [4.78, 5) is 8.15. The first-order valence-electron chi connectivity index (χ1n) is 4.89. The summed E-state index contributed by atoms with van der Waals surface area (Å²) in [6.07, 6.45) is 1.92. The molecular weight excluding hydrogens is 224 g/mol. The van der Waals surface area contributed by atoms with Gasteiger partial charge in [-0.05, 0) is 25.5 Å². The Morgan fingerprint density at radius 2 is 2.20 bits per heavy atom. The molecule has 0 aliphatic rings. The lowest BCUT2D eigenvalue weighted by atomic mass is 10.2. The topological polar surface area (TPSA) is 24.9 Å². The first-order chi connectivity index (χ1) is 7.25. The second-order valence-corrected chi connectivity index (χ2v) is 5.94. The Morgan fingerprint density at radius 3 is 2.80 bits per heavy atom. The lowest BCUT2D eigenvalue weighted by Gasteiger charge is -2.01. The van der Waals surface area contributed by atoms with Crippen molar-refractivity contribution in [2.24, 2.45) is 0 Å². The fraction of sp³-hybridized carbons (Fsp3) is 0.364. The van der Waals surface area contributed by atoms with Gasteiger partial charge in [-0.1, -0.05) is 0 Å². The van der Waals surface area contributed by atoms with Crippen LogP contribution < -0.4 is 5.32 Å². The van der Waals surface area contributed by atoms with E-state index in [0.29, 0.717) is 0 Å². The van der Waals surface area contributed by atoms with Gasteiger partial charge in [0.15, 0.2) is 0 Å². The molecule has 0 radical (unpaired) electrons. The molecule has 0 saturated heterocycles. The van der Waals surface area contributed by atoms with E-state index in [4.69, 9.17) is 0 Å². The average Bonchev–Trinajstić information content (AvgIpc) is 2.77. The smallest absolute Gasteiger partial charge is 0.0794 e. The monoisotopic (exact) mass is 238 g/mol. The van der Waals surface area contributed by atoms with Crippen molar-refractivity contribution >= 4 is 22.7 Å². The van der Waals surface area contributed by atoms with Crippen LogP contribution in [0.3, 0.4) is 0 Å². The molecule has 0 aromatic carbocycles. The van der Waals surface area contributed by atoms with Crippen molar-refractivity contribution in [2.45, 2.75) is 26.9 Å². The Labute approximate surface area is 98.0 Å². The molecule has 0 aliphatic heterocycles. The molecule has 15 heavy (non-hydrogen) atoms. The van der Waals surface area contributed by atoms with Crippen LogP contribution in [0.2, 0.25) is 0 Å². The molecule has 1 N–H and O–H groups in total. The maximum absolute atomic E-state index is 4.05. The van der Waals surface area contributed by atoms with Gasteiger partial charge in [-0.3, -0.25) is 4.98 Å². The highest BCUT2D eigenvalue weighted by Gasteiger charge is 2.02. The molecule has 4 heteroatoms. The molecule has 2 heterocycles. The summed E-state index contributed by atoms with van der Waals surface area (Å²) in [5, 5.41) is 3.44. The van der Waals surface area contributed by atoms with E-state index in [-0.39, 0.29) is 0 Å². The molecule has 0 bridgehead atoms. The molecule has 2 aromatic rings. The van der Waals surface area contributed by atoms with Gasteiger partial charge in [0, 0.05) is 33.9 Å². The maximum atomic E-state index is 4.05. The number of thiophene rings is 1. The molecule has 0 amide bonds. The van der Waals surface area contributed by atoms with Crippen molar-refractivity contribution < 1.29 is 0 Å². The van der Waals surface area contributed by atoms with Crippen LogP contribution in [0.1, 0.15) is 20.2 Å². The minimum absolute atomic E-state index is 0.916. The fourth-order valence-electron chi connectivity index (χ4n) is 1.51. The highest BCUT2D eigenvalue weighted by Crippen LogP contribution is 2.20. The minimum Gasteiger partial charge on any atom is -0.308 e. The van der Waals surface area contributed by atoms with E-state index in [1.165, 1.54) is 20.2 Å². The van der Waals surface area contributed by atoms with Gasteiger partial charge in [0.2, 0.25) is 0 Å². The van der Waals surface area contributed by atoms with Gasteiger partial charge in [-0.2, -0.15) is 0 Å². The Bertz CT molecular complexity index is 418. The van der Waals surface area contributed by atoms with E-state index in [2.05, 4.69) is 30.2 Å². The van der Waals surface area contributed by atoms with E-state index in [9.17, 15) is 0 Å². The first-order valence-corrected chi connectivity index (χ1v) is 6.59. The summed E-state index contributed by atoms with van der Waals surface area (Å²) in [5.74, 6) is 0. The summed E-state index contributed by atoms with van der Waals surface area (Å²) in [6.45, 7) is 6.21. The van der Waals surface area contributed by atoms with Crippen molar-refractivity contribution in [2.75, 3.05) is 0 Å². The van der Waals surface area contributed by atoms with Crippen LogP contribution in [0.4, 0.5) is 0 Å². The Hall–Kier alpha value is -0.710. The van der Waals surface area contributed by atoms with E-state index in [1.807, 2.05) is 23.0 Å². The number of aryl methyl sites for hydroxylation is 2. The first kappa shape index (κ1) is 10.8. The molecule has 2 rings (SSSR count). The van der Waals surface area contributed by atoms with Crippen LogP contribution in [0.25, 0.3) is 0 Å². The lowest BCUT2D eigenvalue weighted by Crippen LogP contribution is -2.11. The number of hydrogen-bond acceptors (Lipinski definition) is 4. The number of thiazole rings is 1. The summed E-state index contributed by atoms with van der Waals surface area (Å²) in [6, 6.07) is 2.26. The van der Waals surface area contributed by atoms with E-state index in [0.717, 1.165) is 13.1 Å². The second kappa shape index (κ2) is 4.88. The minimum atomic E-state index is 0.916. The summed E-state index contributed by atoms with van der Waals surface area (Å²) in [7, 11) is 0. The Morgan fingerprint density at radius 1 is 1.33 bits per heavy atom. The predicted octanol–water partition coefficient (Wildman–Crippen LogP) is 3.11. The van der Waals surface area contributed by atoms with Gasteiger partial charge in [0.1, 0.15) is 0 Å². The van der Waals surface area contributed by atoms with E-state index in [1.54, 1.807) is 11.3 Å². The number of nitrogens with zero attached hydrogens (tertiary/aromatic N) is 1. The lowest BCUT2D eigenvalue weighted by molar-refractivity contribution is 0.699. The maximum Gasteiger partial charge on any atom is 0.0794 e. The van der Waals surface area contributed by atoms with Gasteiger partial charge in [0.25, 0.3) is 0 Å². The standard InChI is InChI=1S/C11H14N2S2/c1-8-3-10(9(2)15-8)4-12-5-11-6-13-7-14-11/h3,6-7,12H,4-5H2,1-2H3. The highest BCUT2D eigenvalue weighted by atomic mass is 32.1. The summed E-state index contributed by atoms with van der Waals surface area (Å²) in [5.41, 5.74) is 3.29. The Balaban J connectivity index is 1.86. The van der Waals surface area contributed by atoms with Crippen LogP contribution >= 0.6 is 22.7 Å². The van der Waals surface area contributed by atoms with Crippen molar-refractivity contribution in [1.82, 2.24) is 10.3 Å². The fourth-order valence-corrected chi connectivity index (χ4v) is 3.02. The molecule has 0 saturated carbocycles. The molecule has 80 valence electrons. The van der Waals surface area contributed by atoms with Crippen LogP contribution in [0.15, 0.2) is 17.8 Å². The van der Waals surface area contributed by atoms with Crippen molar-refractivity contribution in [3.05, 3.63) is 38.0 Å². The van der Waals surface area contributed by atoms with Crippen molar-refractivity contribution in [3.63, 3.8) is 0 Å². The molecule has 2 nitrogen and oxygen atoms in total. The van der Waals surface area contributed by atoms with Crippen LogP contribution in [0.5, 0.6) is 0 Å². The molecule has 0 atom stereocenters. The van der Waals surface area contributed by atoms with Gasteiger partial charge in [-0.15, -0.1) is 22.7 Å². The van der Waals surface area contributed by atoms with Crippen LogP contribution in [-0.4, -0.2) is 4.98 Å². The van der Waals surface area contributed by atoms with Gasteiger partial charge >= 0.3 is 0 Å². The number of rotatable bonds is 4. The van der Waals surface area contributed by atoms with Gasteiger partial charge in [-0.25, -0.2) is 0 Å². The highest BCUT2D eigenvalue weighted by molar-refractivity contribution is 7.12. The molecule has 0 fully saturated rings. The van der Waals surface area contributed by atoms with E-state index < -0.39 is 0 Å². The third kappa shape index (κ3) is 2.87. The third-order valence-corrected chi connectivity index (χ3v) is 4.03. The zero-order valence-corrected chi connectivity index (χ0v) is 10.5. The number of aromatic nitrogens is 1. The quantitative estimate of drug-likeness (QED) is 0.885. The SMILES string of the molecule is Cc1cc(CNCc2cncs2)c(C)s1. The second-order valence-electron chi connectivity index (χ2n) is 3.51. The van der Waals surface area contributed by atoms with Crippen molar-refractivity contribution in [3.8, 4) is 0 Å². The normalized spacial score (nSPS) is 10.8. The predicted molar refractivity (Wildman–Crippen MR) is 66.5 cm³/mol. The van der Waals surface area contributed by atoms with E-state index >= 15 is 0 Å². The number of nitrogens with one attached hydrogen (secondary N) is 1. The molecule has 0 unspecified atom stereocenters. The number of hydrogen-bond donors (Lipinski definition) is 1. The van der Waals surface area contributed by atoms with Crippen LogP contribution in [0, 0.1) is 13.8 Å². The molecule has 0 aliphatic carbocycles. The Kier molecular flexibility index (Phi) is 3.51. The van der Waals surface area contributed by atoms with Crippen molar-refractivity contribution in [1.29, 1.82) is 0 Å². The average molecular weight is 238 g/mol. The molecule has 2 aromatic heterocycles. The summed E-state index contributed by atoms with van der Waals surface area (Å²) >= 11 is 3.56. The zero-order chi connectivity index (χ0) is 10.7. The molecular formula is C11H14N2S2.